The van der Waals surface area contributed by atoms with Gasteiger partial charge in [0.25, 0.3) is 0 Å². The van der Waals surface area contributed by atoms with Crippen molar-refractivity contribution in [2.45, 2.75) is 20.8 Å². The predicted molar refractivity (Wildman–Crippen MR) is 75.0 cm³/mol. The standard InChI is InChI=1S/C14H18N4/c1-4-18(12-8-6-5-7-10(12)2)13-9-11(3)16-14(15)17-13/h5-9H,4H2,1-3H3,(H2,15,16,17). The highest BCUT2D eigenvalue weighted by Gasteiger charge is 2.11. The van der Waals surface area contributed by atoms with E-state index >= 15 is 0 Å². The Labute approximate surface area is 107 Å². The third kappa shape index (κ3) is 2.42. The minimum Gasteiger partial charge on any atom is -0.368 e. The van der Waals surface area contributed by atoms with E-state index in [0.717, 1.165) is 23.7 Å². The SMILES string of the molecule is CCN(c1cc(C)nc(N)n1)c1ccccc1C. The highest BCUT2D eigenvalue weighted by Crippen LogP contribution is 2.27. The summed E-state index contributed by atoms with van der Waals surface area (Å²) < 4.78 is 0. The van der Waals surface area contributed by atoms with Crippen molar-refractivity contribution in [2.75, 3.05) is 17.2 Å². The van der Waals surface area contributed by atoms with Gasteiger partial charge in [0, 0.05) is 24.0 Å². The molecule has 2 aromatic rings. The molecule has 0 bridgehead atoms. The number of aryl methyl sites for hydroxylation is 2. The maximum absolute atomic E-state index is 5.72. The van der Waals surface area contributed by atoms with Crippen LogP contribution in [-0.2, 0) is 0 Å². The summed E-state index contributed by atoms with van der Waals surface area (Å²) in [5.74, 6) is 1.16. The van der Waals surface area contributed by atoms with Gasteiger partial charge in [0.1, 0.15) is 5.82 Å². The fraction of sp³-hybridized carbons (Fsp3) is 0.286. The quantitative estimate of drug-likeness (QED) is 0.899. The topological polar surface area (TPSA) is 55.0 Å². The first-order valence-corrected chi connectivity index (χ1v) is 6.06. The Bertz CT molecular complexity index is 531. The lowest BCUT2D eigenvalue weighted by molar-refractivity contribution is 0.966. The van der Waals surface area contributed by atoms with Crippen molar-refractivity contribution in [1.82, 2.24) is 9.97 Å². The van der Waals surface area contributed by atoms with Crippen molar-refractivity contribution in [3.63, 3.8) is 0 Å². The summed E-state index contributed by atoms with van der Waals surface area (Å²) in [5, 5.41) is 0. The minimum absolute atomic E-state index is 0.317. The van der Waals surface area contributed by atoms with E-state index < -0.39 is 0 Å². The molecular formula is C14H18N4. The Morgan fingerprint density at radius 2 is 1.89 bits per heavy atom. The van der Waals surface area contributed by atoms with Crippen LogP contribution in [0.2, 0.25) is 0 Å². The maximum atomic E-state index is 5.72. The predicted octanol–water partition coefficient (Wildman–Crippen LogP) is 2.83. The molecule has 0 aliphatic rings. The Balaban J connectivity index is 2.48. The van der Waals surface area contributed by atoms with E-state index in [4.69, 9.17) is 5.73 Å². The molecule has 4 nitrogen and oxygen atoms in total. The summed E-state index contributed by atoms with van der Waals surface area (Å²) in [4.78, 5) is 10.6. The number of nitrogens with zero attached hydrogens (tertiary/aromatic N) is 3. The lowest BCUT2D eigenvalue weighted by atomic mass is 10.2. The number of hydrogen-bond acceptors (Lipinski definition) is 4. The number of hydrogen-bond donors (Lipinski definition) is 1. The number of para-hydroxylation sites is 1. The third-order valence-corrected chi connectivity index (χ3v) is 2.86. The molecule has 2 rings (SSSR count). The Kier molecular flexibility index (Phi) is 3.46. The number of anilines is 3. The molecular weight excluding hydrogens is 224 g/mol. The number of benzene rings is 1. The van der Waals surface area contributed by atoms with Crippen molar-refractivity contribution >= 4 is 17.5 Å². The molecule has 0 radical (unpaired) electrons. The average Bonchev–Trinajstić information content (AvgIpc) is 2.31. The van der Waals surface area contributed by atoms with Crippen LogP contribution in [-0.4, -0.2) is 16.5 Å². The van der Waals surface area contributed by atoms with Crippen LogP contribution in [0.25, 0.3) is 0 Å². The zero-order chi connectivity index (χ0) is 13.1. The molecule has 94 valence electrons. The van der Waals surface area contributed by atoms with E-state index in [1.807, 2.05) is 25.1 Å². The number of nitrogen functional groups attached to an aromatic ring is 1. The van der Waals surface area contributed by atoms with Crippen LogP contribution < -0.4 is 10.6 Å². The van der Waals surface area contributed by atoms with Crippen LogP contribution in [0, 0.1) is 13.8 Å². The van der Waals surface area contributed by atoms with E-state index in [9.17, 15) is 0 Å². The van der Waals surface area contributed by atoms with Crippen molar-refractivity contribution in [1.29, 1.82) is 0 Å². The minimum atomic E-state index is 0.317. The molecule has 0 spiro atoms. The van der Waals surface area contributed by atoms with Gasteiger partial charge in [-0.15, -0.1) is 0 Å². The van der Waals surface area contributed by atoms with E-state index in [1.165, 1.54) is 5.56 Å². The smallest absolute Gasteiger partial charge is 0.222 e. The van der Waals surface area contributed by atoms with Gasteiger partial charge in [0.2, 0.25) is 5.95 Å². The van der Waals surface area contributed by atoms with E-state index in [2.05, 4.69) is 40.8 Å². The molecule has 2 N–H and O–H groups in total. The second kappa shape index (κ2) is 5.04. The van der Waals surface area contributed by atoms with Gasteiger partial charge in [-0.2, -0.15) is 4.98 Å². The molecule has 18 heavy (non-hydrogen) atoms. The lowest BCUT2D eigenvalue weighted by Gasteiger charge is -2.24. The molecule has 0 saturated carbocycles. The first-order valence-electron chi connectivity index (χ1n) is 6.06. The first kappa shape index (κ1) is 12.4. The summed E-state index contributed by atoms with van der Waals surface area (Å²) in [5.41, 5.74) is 8.97. The van der Waals surface area contributed by atoms with Crippen LogP contribution >= 0.6 is 0 Å². The Morgan fingerprint density at radius 1 is 1.17 bits per heavy atom. The van der Waals surface area contributed by atoms with Crippen LogP contribution in [0.3, 0.4) is 0 Å². The first-order chi connectivity index (χ1) is 8.61. The van der Waals surface area contributed by atoms with Crippen LogP contribution in [0.1, 0.15) is 18.2 Å². The molecule has 0 fully saturated rings. The van der Waals surface area contributed by atoms with Crippen molar-refractivity contribution in [3.8, 4) is 0 Å². The summed E-state index contributed by atoms with van der Waals surface area (Å²) in [6, 6.07) is 10.2. The normalized spacial score (nSPS) is 10.4. The second-order valence-electron chi connectivity index (χ2n) is 4.26. The van der Waals surface area contributed by atoms with Crippen LogP contribution in [0.5, 0.6) is 0 Å². The lowest BCUT2D eigenvalue weighted by Crippen LogP contribution is -2.19. The summed E-state index contributed by atoms with van der Waals surface area (Å²) in [6.07, 6.45) is 0. The molecule has 1 heterocycles. The largest absolute Gasteiger partial charge is 0.368 e. The maximum Gasteiger partial charge on any atom is 0.222 e. The van der Waals surface area contributed by atoms with Crippen LogP contribution in [0.4, 0.5) is 17.5 Å². The van der Waals surface area contributed by atoms with Gasteiger partial charge in [0.15, 0.2) is 0 Å². The zero-order valence-electron chi connectivity index (χ0n) is 11.0. The molecule has 1 aromatic carbocycles. The molecule has 0 aliphatic heterocycles. The average molecular weight is 242 g/mol. The summed E-state index contributed by atoms with van der Waals surface area (Å²) in [7, 11) is 0. The van der Waals surface area contributed by atoms with Gasteiger partial charge >= 0.3 is 0 Å². The van der Waals surface area contributed by atoms with Gasteiger partial charge in [0.05, 0.1) is 0 Å². The number of aromatic nitrogens is 2. The molecule has 4 heteroatoms. The van der Waals surface area contributed by atoms with Crippen molar-refractivity contribution < 1.29 is 0 Å². The number of nitrogens with two attached hydrogens (primary N) is 1. The van der Waals surface area contributed by atoms with Gasteiger partial charge in [-0.25, -0.2) is 4.98 Å². The van der Waals surface area contributed by atoms with Gasteiger partial charge in [-0.3, -0.25) is 0 Å². The molecule has 0 unspecified atom stereocenters. The van der Waals surface area contributed by atoms with Crippen molar-refractivity contribution in [3.05, 3.63) is 41.6 Å². The van der Waals surface area contributed by atoms with E-state index in [1.54, 1.807) is 0 Å². The summed E-state index contributed by atoms with van der Waals surface area (Å²) >= 11 is 0. The van der Waals surface area contributed by atoms with E-state index in [0.29, 0.717) is 5.95 Å². The second-order valence-corrected chi connectivity index (χ2v) is 4.26. The van der Waals surface area contributed by atoms with Crippen molar-refractivity contribution in [2.24, 2.45) is 0 Å². The van der Waals surface area contributed by atoms with Gasteiger partial charge in [-0.05, 0) is 32.4 Å². The highest BCUT2D eigenvalue weighted by atomic mass is 15.2. The zero-order valence-corrected chi connectivity index (χ0v) is 11.0. The number of rotatable bonds is 3. The highest BCUT2D eigenvalue weighted by molar-refractivity contribution is 5.64. The Morgan fingerprint density at radius 3 is 2.50 bits per heavy atom. The van der Waals surface area contributed by atoms with Gasteiger partial charge in [-0.1, -0.05) is 18.2 Å². The fourth-order valence-corrected chi connectivity index (χ4v) is 2.03. The molecule has 0 atom stereocenters. The van der Waals surface area contributed by atoms with E-state index in [-0.39, 0.29) is 0 Å². The van der Waals surface area contributed by atoms with Crippen LogP contribution in [0.15, 0.2) is 30.3 Å². The third-order valence-electron chi connectivity index (χ3n) is 2.86. The Hall–Kier alpha value is -2.10. The summed E-state index contributed by atoms with van der Waals surface area (Å²) in [6.45, 7) is 6.95. The molecule has 1 aromatic heterocycles. The molecule has 0 amide bonds. The monoisotopic (exact) mass is 242 g/mol. The molecule has 0 saturated heterocycles. The van der Waals surface area contributed by atoms with Gasteiger partial charge < -0.3 is 10.6 Å². The molecule has 0 aliphatic carbocycles. The fourth-order valence-electron chi connectivity index (χ4n) is 2.03.